The molecule has 1 aliphatic rings. The van der Waals surface area contributed by atoms with Gasteiger partial charge in [-0.2, -0.15) is 0 Å². The fourth-order valence-corrected chi connectivity index (χ4v) is 8.14. The first-order valence-corrected chi connectivity index (χ1v) is 19.3. The third kappa shape index (κ3) is 7.00. The smallest absolute Gasteiger partial charge is 0.0654 e. The molecule has 0 radical (unpaired) electrons. The van der Waals surface area contributed by atoms with Crippen molar-refractivity contribution in [2.24, 2.45) is 0 Å². The molecule has 0 unspecified atom stereocenters. The molecule has 0 N–H and O–H groups in total. The molecule has 0 saturated heterocycles. The summed E-state index contributed by atoms with van der Waals surface area (Å²) in [7, 11) is 0. The van der Waals surface area contributed by atoms with Gasteiger partial charge in [-0.1, -0.05) is 180 Å². The van der Waals surface area contributed by atoms with Crippen LogP contribution < -0.4 is 0 Å². The highest BCUT2D eigenvalue weighted by atomic mass is 79.9. The van der Waals surface area contributed by atoms with Crippen LogP contribution in [-0.2, 0) is 23.7 Å². The summed E-state index contributed by atoms with van der Waals surface area (Å²) >= 11 is 3.89. The van der Waals surface area contributed by atoms with Crippen LogP contribution in [0.25, 0.3) is 22.3 Å². The summed E-state index contributed by atoms with van der Waals surface area (Å²) in [4.78, 5) is 0. The van der Waals surface area contributed by atoms with E-state index in [-0.39, 0.29) is 5.41 Å². The second-order valence-corrected chi connectivity index (χ2v) is 16.0. The van der Waals surface area contributed by atoms with Gasteiger partial charge in [-0.3, -0.25) is 0 Å². The number of hydrogen-bond donors (Lipinski definition) is 0. The summed E-state index contributed by atoms with van der Waals surface area (Å²) in [5.74, 6) is 0. The molecule has 0 saturated carbocycles. The third-order valence-corrected chi connectivity index (χ3v) is 11.1. The van der Waals surface area contributed by atoms with Gasteiger partial charge in [0.25, 0.3) is 0 Å². The standard InChI is InChI=1S/C47H53Br/c1-6-8-10-12-14-34-16-23-39(24-17-34)47(40-25-18-35(19-26-40)15-13-11-9-7-2)44-32-37(36-20-27-38(28-21-36)46(3,4)5)22-30-42(44)43-31-29-41(48)33-45(43)47/h16-33H,6-15H2,1-5H3. The predicted octanol–water partition coefficient (Wildman–Crippen LogP) is 14.0. The van der Waals surface area contributed by atoms with Crippen molar-refractivity contribution in [2.75, 3.05) is 0 Å². The Balaban J connectivity index is 1.51. The Morgan fingerprint density at radius 1 is 0.500 bits per heavy atom. The Kier molecular flexibility index (Phi) is 10.8. The van der Waals surface area contributed by atoms with Crippen LogP contribution in [0.5, 0.6) is 0 Å². The molecule has 0 spiro atoms. The van der Waals surface area contributed by atoms with Gasteiger partial charge in [-0.25, -0.2) is 0 Å². The minimum absolute atomic E-state index is 0.130. The quantitative estimate of drug-likeness (QED) is 0.105. The maximum absolute atomic E-state index is 3.89. The van der Waals surface area contributed by atoms with Crippen LogP contribution in [0, 0.1) is 0 Å². The molecule has 0 amide bonds. The van der Waals surface area contributed by atoms with Gasteiger partial charge in [0, 0.05) is 4.47 Å². The van der Waals surface area contributed by atoms with Crippen molar-refractivity contribution in [3.8, 4) is 22.3 Å². The van der Waals surface area contributed by atoms with Crippen LogP contribution in [0.2, 0.25) is 0 Å². The van der Waals surface area contributed by atoms with Gasteiger partial charge in [-0.05, 0) is 110 Å². The van der Waals surface area contributed by atoms with Crippen molar-refractivity contribution in [1.29, 1.82) is 0 Å². The van der Waals surface area contributed by atoms with Crippen LogP contribution in [-0.4, -0.2) is 0 Å². The van der Waals surface area contributed by atoms with E-state index in [1.165, 1.54) is 113 Å². The van der Waals surface area contributed by atoms with Gasteiger partial charge in [0.1, 0.15) is 0 Å². The summed E-state index contributed by atoms with van der Waals surface area (Å²) in [5, 5.41) is 0. The maximum atomic E-state index is 3.89. The zero-order valence-electron chi connectivity index (χ0n) is 29.8. The zero-order chi connectivity index (χ0) is 33.7. The summed E-state index contributed by atoms with van der Waals surface area (Å²) in [6.45, 7) is 11.4. The lowest BCUT2D eigenvalue weighted by Gasteiger charge is -2.34. The van der Waals surface area contributed by atoms with E-state index in [1.807, 2.05) is 0 Å². The number of unbranched alkanes of at least 4 members (excludes halogenated alkanes) is 6. The minimum Gasteiger partial charge on any atom is -0.0654 e. The molecule has 1 heteroatoms. The highest BCUT2D eigenvalue weighted by Crippen LogP contribution is 2.57. The largest absolute Gasteiger partial charge is 0.0714 e. The van der Waals surface area contributed by atoms with Gasteiger partial charge in [-0.15, -0.1) is 0 Å². The molecule has 6 rings (SSSR count). The Bertz CT molecular complexity index is 1740. The third-order valence-electron chi connectivity index (χ3n) is 10.6. The Labute approximate surface area is 299 Å². The van der Waals surface area contributed by atoms with E-state index in [9.17, 15) is 0 Å². The molecular weight excluding hydrogens is 644 g/mol. The first-order chi connectivity index (χ1) is 23.2. The molecule has 5 aromatic rings. The fourth-order valence-electron chi connectivity index (χ4n) is 7.78. The number of hydrogen-bond acceptors (Lipinski definition) is 0. The van der Waals surface area contributed by atoms with Crippen LogP contribution in [0.1, 0.15) is 125 Å². The lowest BCUT2D eigenvalue weighted by Crippen LogP contribution is -2.28. The Hall–Kier alpha value is -3.42. The molecule has 0 aliphatic heterocycles. The number of fused-ring (bicyclic) bond motifs is 3. The molecule has 1 aliphatic carbocycles. The topological polar surface area (TPSA) is 0 Å². The molecule has 48 heavy (non-hydrogen) atoms. The first-order valence-electron chi connectivity index (χ1n) is 18.5. The van der Waals surface area contributed by atoms with Crippen molar-refractivity contribution < 1.29 is 0 Å². The lowest BCUT2D eigenvalue weighted by molar-refractivity contribution is 0.590. The Morgan fingerprint density at radius 2 is 0.979 bits per heavy atom. The monoisotopic (exact) mass is 696 g/mol. The molecule has 248 valence electrons. The first kappa shape index (κ1) is 34.4. The predicted molar refractivity (Wildman–Crippen MR) is 211 cm³/mol. The van der Waals surface area contributed by atoms with Crippen molar-refractivity contribution in [3.63, 3.8) is 0 Å². The van der Waals surface area contributed by atoms with Gasteiger partial charge in [0.05, 0.1) is 5.41 Å². The number of rotatable bonds is 13. The van der Waals surface area contributed by atoms with Crippen molar-refractivity contribution in [1.82, 2.24) is 0 Å². The van der Waals surface area contributed by atoms with E-state index >= 15 is 0 Å². The highest BCUT2D eigenvalue weighted by Gasteiger charge is 2.46. The highest BCUT2D eigenvalue weighted by molar-refractivity contribution is 9.10. The van der Waals surface area contributed by atoms with Crippen molar-refractivity contribution >= 4 is 15.9 Å². The normalized spacial score (nSPS) is 13.4. The summed E-state index contributed by atoms with van der Waals surface area (Å²) in [6.07, 6.45) is 12.6. The van der Waals surface area contributed by atoms with Crippen LogP contribution in [0.3, 0.4) is 0 Å². The van der Waals surface area contributed by atoms with E-state index in [0.717, 1.165) is 17.3 Å². The zero-order valence-corrected chi connectivity index (χ0v) is 31.4. The fraction of sp³-hybridized carbons (Fsp3) is 0.362. The molecule has 0 fully saturated rings. The SMILES string of the molecule is CCCCCCc1ccc(C2(c3ccc(CCCCCC)cc3)c3cc(Br)ccc3-c3ccc(-c4ccc(C(C)(C)C)cc4)cc32)cc1. The van der Waals surface area contributed by atoms with Gasteiger partial charge in [0.15, 0.2) is 0 Å². The molecule has 0 atom stereocenters. The number of halogens is 1. The van der Waals surface area contributed by atoms with E-state index in [2.05, 4.69) is 160 Å². The maximum Gasteiger partial charge on any atom is 0.0714 e. The average molecular weight is 698 g/mol. The second kappa shape index (κ2) is 15.0. The van der Waals surface area contributed by atoms with Crippen LogP contribution in [0.15, 0.2) is 114 Å². The van der Waals surface area contributed by atoms with Gasteiger partial charge in [0.2, 0.25) is 0 Å². The molecule has 0 aromatic heterocycles. The van der Waals surface area contributed by atoms with E-state index < -0.39 is 5.41 Å². The Morgan fingerprint density at radius 3 is 1.48 bits per heavy atom. The molecule has 0 heterocycles. The van der Waals surface area contributed by atoms with E-state index in [0.29, 0.717) is 0 Å². The van der Waals surface area contributed by atoms with Crippen molar-refractivity contribution in [3.05, 3.63) is 153 Å². The van der Waals surface area contributed by atoms with Gasteiger partial charge < -0.3 is 0 Å². The van der Waals surface area contributed by atoms with E-state index in [4.69, 9.17) is 0 Å². The van der Waals surface area contributed by atoms with Crippen molar-refractivity contribution in [2.45, 2.75) is 110 Å². The average Bonchev–Trinajstić information content (AvgIpc) is 3.38. The molecule has 0 bridgehead atoms. The second-order valence-electron chi connectivity index (χ2n) is 15.0. The molecule has 0 nitrogen and oxygen atoms in total. The number of benzene rings is 5. The summed E-state index contributed by atoms with van der Waals surface area (Å²) < 4.78 is 1.12. The molecule has 5 aromatic carbocycles. The number of aryl methyl sites for hydroxylation is 2. The summed E-state index contributed by atoms with van der Waals surface area (Å²) in [5.41, 5.74) is 14.6. The van der Waals surface area contributed by atoms with Gasteiger partial charge >= 0.3 is 0 Å². The molecular formula is C47H53Br. The minimum atomic E-state index is -0.419. The van der Waals surface area contributed by atoms with E-state index in [1.54, 1.807) is 0 Å². The lowest BCUT2D eigenvalue weighted by atomic mass is 9.67. The van der Waals surface area contributed by atoms with Crippen LogP contribution >= 0.6 is 15.9 Å². The van der Waals surface area contributed by atoms with Crippen LogP contribution in [0.4, 0.5) is 0 Å². The summed E-state index contributed by atoms with van der Waals surface area (Å²) in [6, 6.07) is 42.6.